The fraction of sp³-hybridized carbons (Fsp3) is 0.130. The van der Waals surface area contributed by atoms with Gasteiger partial charge in [-0.15, -0.1) is 0 Å². The minimum atomic E-state index is -0.311. The molecule has 0 aliphatic rings. The summed E-state index contributed by atoms with van der Waals surface area (Å²) in [5.41, 5.74) is 2.56. The van der Waals surface area contributed by atoms with Crippen LogP contribution in [0.2, 0.25) is 5.02 Å². The van der Waals surface area contributed by atoms with Gasteiger partial charge in [0.1, 0.15) is 0 Å². The van der Waals surface area contributed by atoms with Gasteiger partial charge in [-0.1, -0.05) is 54.1 Å². The van der Waals surface area contributed by atoms with Gasteiger partial charge in [0.25, 0.3) is 5.91 Å². The van der Waals surface area contributed by atoms with Crippen molar-refractivity contribution in [2.75, 3.05) is 17.2 Å². The van der Waals surface area contributed by atoms with Gasteiger partial charge in [0.05, 0.1) is 17.8 Å². The van der Waals surface area contributed by atoms with E-state index in [1.165, 1.54) is 0 Å². The van der Waals surface area contributed by atoms with Gasteiger partial charge in [0, 0.05) is 16.8 Å². The van der Waals surface area contributed by atoms with Crippen molar-refractivity contribution in [3.63, 3.8) is 0 Å². The zero-order valence-corrected chi connectivity index (χ0v) is 16.7. The fourth-order valence-corrected chi connectivity index (χ4v) is 2.95. The van der Waals surface area contributed by atoms with Gasteiger partial charge in [-0.05, 0) is 48.9 Å². The molecule has 2 amide bonds. The molecule has 3 aromatic carbocycles. The fourth-order valence-electron chi connectivity index (χ4n) is 2.82. The molecule has 0 bridgehead atoms. The standard InChI is InChI=1S/C23H22ClN3O2/c1-16(17-7-3-2-4-8-17)25-15-22(28)27-21-10-6-5-9-20(21)23(29)26-19-13-11-18(24)12-14-19/h2-14,16,25H,15H2,1H3,(H,26,29)(H,27,28)/t16-/m1/s1. The van der Waals surface area contributed by atoms with Crippen molar-refractivity contribution in [3.05, 3.63) is 95.0 Å². The highest BCUT2D eigenvalue weighted by molar-refractivity contribution is 6.30. The number of rotatable bonds is 7. The van der Waals surface area contributed by atoms with Crippen LogP contribution in [0.3, 0.4) is 0 Å². The summed E-state index contributed by atoms with van der Waals surface area (Å²) < 4.78 is 0. The maximum absolute atomic E-state index is 12.6. The zero-order valence-electron chi connectivity index (χ0n) is 16.0. The van der Waals surface area contributed by atoms with Gasteiger partial charge in [0.15, 0.2) is 0 Å². The molecule has 3 aromatic rings. The van der Waals surface area contributed by atoms with Gasteiger partial charge in [0.2, 0.25) is 5.91 Å². The van der Waals surface area contributed by atoms with Crippen LogP contribution in [0.4, 0.5) is 11.4 Å². The van der Waals surface area contributed by atoms with Crippen molar-refractivity contribution < 1.29 is 9.59 Å². The minimum absolute atomic E-state index is 0.0328. The Labute approximate surface area is 175 Å². The van der Waals surface area contributed by atoms with E-state index >= 15 is 0 Å². The van der Waals surface area contributed by atoms with Crippen LogP contribution in [-0.4, -0.2) is 18.4 Å². The van der Waals surface area contributed by atoms with Crippen molar-refractivity contribution in [1.29, 1.82) is 0 Å². The Morgan fingerprint density at radius 3 is 2.24 bits per heavy atom. The molecule has 5 nitrogen and oxygen atoms in total. The van der Waals surface area contributed by atoms with Gasteiger partial charge in [-0.25, -0.2) is 0 Å². The molecule has 0 saturated heterocycles. The summed E-state index contributed by atoms with van der Waals surface area (Å²) in [6, 6.07) is 23.7. The molecule has 0 unspecified atom stereocenters. The van der Waals surface area contributed by atoms with E-state index in [0.717, 1.165) is 5.56 Å². The summed E-state index contributed by atoms with van der Waals surface area (Å²) in [7, 11) is 0. The van der Waals surface area contributed by atoms with E-state index in [-0.39, 0.29) is 24.4 Å². The maximum Gasteiger partial charge on any atom is 0.257 e. The lowest BCUT2D eigenvalue weighted by atomic mass is 10.1. The van der Waals surface area contributed by atoms with E-state index in [0.29, 0.717) is 22.0 Å². The van der Waals surface area contributed by atoms with Gasteiger partial charge >= 0.3 is 0 Å². The molecule has 0 aliphatic carbocycles. The Morgan fingerprint density at radius 2 is 1.52 bits per heavy atom. The Morgan fingerprint density at radius 1 is 0.862 bits per heavy atom. The van der Waals surface area contributed by atoms with Crippen LogP contribution in [0.1, 0.15) is 28.9 Å². The smallest absolute Gasteiger partial charge is 0.257 e. The second-order valence-electron chi connectivity index (χ2n) is 6.57. The Kier molecular flexibility index (Phi) is 7.00. The number of carbonyl (C=O) groups excluding carboxylic acids is 2. The molecule has 0 heterocycles. The van der Waals surface area contributed by atoms with E-state index < -0.39 is 0 Å². The van der Waals surface area contributed by atoms with Crippen molar-refractivity contribution >= 4 is 34.8 Å². The van der Waals surface area contributed by atoms with Gasteiger partial charge in [-0.3, -0.25) is 9.59 Å². The topological polar surface area (TPSA) is 70.2 Å². The molecular formula is C23H22ClN3O2. The lowest BCUT2D eigenvalue weighted by molar-refractivity contribution is -0.115. The van der Waals surface area contributed by atoms with E-state index in [1.54, 1.807) is 48.5 Å². The highest BCUT2D eigenvalue weighted by atomic mass is 35.5. The van der Waals surface area contributed by atoms with Crippen molar-refractivity contribution in [3.8, 4) is 0 Å². The summed E-state index contributed by atoms with van der Waals surface area (Å²) >= 11 is 5.87. The van der Waals surface area contributed by atoms with E-state index in [1.807, 2.05) is 37.3 Å². The molecule has 0 radical (unpaired) electrons. The van der Waals surface area contributed by atoms with Crippen LogP contribution >= 0.6 is 11.6 Å². The third-order valence-corrected chi connectivity index (χ3v) is 4.67. The van der Waals surface area contributed by atoms with Crippen molar-refractivity contribution in [2.24, 2.45) is 0 Å². The summed E-state index contributed by atoms with van der Waals surface area (Å²) in [6.45, 7) is 2.12. The Bertz CT molecular complexity index is 975. The molecule has 0 saturated carbocycles. The van der Waals surface area contributed by atoms with Gasteiger partial charge < -0.3 is 16.0 Å². The predicted molar refractivity (Wildman–Crippen MR) is 117 cm³/mol. The van der Waals surface area contributed by atoms with Crippen LogP contribution in [0.25, 0.3) is 0 Å². The maximum atomic E-state index is 12.6. The zero-order chi connectivity index (χ0) is 20.6. The summed E-state index contributed by atoms with van der Waals surface area (Å²) in [4.78, 5) is 25.0. The lowest BCUT2D eigenvalue weighted by Gasteiger charge is -2.15. The van der Waals surface area contributed by atoms with Crippen LogP contribution in [0, 0.1) is 0 Å². The number of hydrogen-bond donors (Lipinski definition) is 3. The van der Waals surface area contributed by atoms with E-state index in [2.05, 4.69) is 16.0 Å². The number of hydrogen-bond acceptors (Lipinski definition) is 3. The molecule has 6 heteroatoms. The molecule has 0 aromatic heterocycles. The van der Waals surface area contributed by atoms with E-state index in [9.17, 15) is 9.59 Å². The third-order valence-electron chi connectivity index (χ3n) is 4.42. The van der Waals surface area contributed by atoms with Crippen LogP contribution in [0.5, 0.6) is 0 Å². The first kappa shape index (κ1) is 20.6. The summed E-state index contributed by atoms with van der Waals surface area (Å²) in [6.07, 6.45) is 0. The number of carbonyl (C=O) groups is 2. The predicted octanol–water partition coefficient (Wildman–Crippen LogP) is 4.88. The summed E-state index contributed by atoms with van der Waals surface area (Å²) in [5.74, 6) is -0.534. The average molecular weight is 408 g/mol. The van der Waals surface area contributed by atoms with Crippen molar-refractivity contribution in [2.45, 2.75) is 13.0 Å². The van der Waals surface area contributed by atoms with E-state index in [4.69, 9.17) is 11.6 Å². The molecule has 0 aliphatic heterocycles. The lowest BCUT2D eigenvalue weighted by Crippen LogP contribution is -2.30. The van der Waals surface area contributed by atoms with Crippen LogP contribution in [0.15, 0.2) is 78.9 Å². The normalized spacial score (nSPS) is 11.5. The number of para-hydroxylation sites is 1. The first-order valence-electron chi connectivity index (χ1n) is 9.27. The molecule has 29 heavy (non-hydrogen) atoms. The molecule has 3 N–H and O–H groups in total. The molecule has 1 atom stereocenters. The first-order chi connectivity index (χ1) is 14.0. The Hall–Kier alpha value is -3.15. The molecule has 0 spiro atoms. The molecular weight excluding hydrogens is 386 g/mol. The number of benzene rings is 3. The second kappa shape index (κ2) is 9.87. The minimum Gasteiger partial charge on any atom is -0.324 e. The van der Waals surface area contributed by atoms with Crippen LogP contribution < -0.4 is 16.0 Å². The number of halogens is 1. The molecule has 3 rings (SSSR count). The van der Waals surface area contributed by atoms with Crippen LogP contribution in [-0.2, 0) is 4.79 Å². The quantitative estimate of drug-likeness (QED) is 0.522. The first-order valence-corrected chi connectivity index (χ1v) is 9.65. The Balaban J connectivity index is 1.61. The number of anilines is 2. The second-order valence-corrected chi connectivity index (χ2v) is 7.00. The highest BCUT2D eigenvalue weighted by Crippen LogP contribution is 2.19. The number of nitrogens with one attached hydrogen (secondary N) is 3. The van der Waals surface area contributed by atoms with Crippen molar-refractivity contribution in [1.82, 2.24) is 5.32 Å². The third kappa shape index (κ3) is 5.91. The number of amides is 2. The molecule has 148 valence electrons. The SMILES string of the molecule is C[C@@H](NCC(=O)Nc1ccccc1C(=O)Nc1ccc(Cl)cc1)c1ccccc1. The summed E-state index contributed by atoms with van der Waals surface area (Å²) in [5, 5.41) is 9.39. The molecule has 0 fully saturated rings. The largest absolute Gasteiger partial charge is 0.324 e. The average Bonchev–Trinajstić information content (AvgIpc) is 2.74. The monoisotopic (exact) mass is 407 g/mol. The highest BCUT2D eigenvalue weighted by Gasteiger charge is 2.14. The van der Waals surface area contributed by atoms with Gasteiger partial charge in [-0.2, -0.15) is 0 Å².